The number of aryl methyl sites for hydroxylation is 1. The standard InChI is InChI=1S/C39H48FN5O9S.C25H25FN4O3S/c1-23(2)55(49,50)26-14-16-30(41-21-26)25-18-28(33(42-20-25)45(35(47)52-38(6,7)8)36(48)53-39(9,10)11)32-19-31(43-54-32)27-15-13-24(17-29(27)40)22-44(12)34(46)51-37(3,4)5;1-4-5-16-6-8-19(21(26)10-16)23-12-24(33-30-23)20-11-17(13-29-25(20)27)22-9-7-18(14-28-22)34(31,32)15(2)3/h13-21,23H,22H2,1-12H3;6-15H,4-5H2,1-3H3,(H2,27,29). The van der Waals surface area contributed by atoms with Crippen LogP contribution in [0.5, 0.6) is 0 Å². The fraction of sp³-hybridized carbons (Fsp3) is 0.359. The van der Waals surface area contributed by atoms with Crippen molar-refractivity contribution < 1.29 is 63.3 Å². The van der Waals surface area contributed by atoms with E-state index in [1.165, 1.54) is 72.0 Å². The highest BCUT2D eigenvalue weighted by atomic mass is 32.2. The van der Waals surface area contributed by atoms with E-state index in [0.29, 0.717) is 55.6 Å². The molecule has 6 aromatic heterocycles. The predicted octanol–water partition coefficient (Wildman–Crippen LogP) is 14.2. The van der Waals surface area contributed by atoms with E-state index in [4.69, 9.17) is 29.0 Å². The lowest BCUT2D eigenvalue weighted by Gasteiger charge is -2.28. The van der Waals surface area contributed by atoms with Crippen molar-refractivity contribution in [2.75, 3.05) is 17.7 Å². The van der Waals surface area contributed by atoms with E-state index in [2.05, 4.69) is 30.2 Å². The summed E-state index contributed by atoms with van der Waals surface area (Å²) in [7, 11) is -5.48. The molecule has 8 rings (SSSR count). The van der Waals surface area contributed by atoms with Gasteiger partial charge < -0.3 is 33.9 Å². The van der Waals surface area contributed by atoms with E-state index in [1.54, 1.807) is 134 Å². The molecule has 0 radical (unpaired) electrons. The molecule has 472 valence electrons. The monoisotopic (exact) mass is 1260 g/mol. The summed E-state index contributed by atoms with van der Waals surface area (Å²) in [6.45, 7) is 23.5. The average Bonchev–Trinajstić information content (AvgIpc) is 2.00. The van der Waals surface area contributed by atoms with Gasteiger partial charge in [0.15, 0.2) is 37.0 Å². The van der Waals surface area contributed by atoms with Crippen LogP contribution in [-0.4, -0.2) is 105 Å². The zero-order valence-electron chi connectivity index (χ0n) is 52.3. The number of pyridine rings is 4. The number of ether oxygens (including phenoxy) is 3. The van der Waals surface area contributed by atoms with E-state index in [-0.39, 0.29) is 56.4 Å². The maximum Gasteiger partial charge on any atom is 0.425 e. The summed E-state index contributed by atoms with van der Waals surface area (Å²) in [5.74, 6) is -0.765. The zero-order chi connectivity index (χ0) is 65.7. The molecule has 0 saturated heterocycles. The van der Waals surface area contributed by atoms with Crippen molar-refractivity contribution >= 4 is 49.6 Å². The molecule has 0 spiro atoms. The third-order valence-corrected chi connectivity index (χ3v) is 17.2. The maximum atomic E-state index is 15.6. The second kappa shape index (κ2) is 26.8. The van der Waals surface area contributed by atoms with Crippen LogP contribution in [0.3, 0.4) is 0 Å². The van der Waals surface area contributed by atoms with E-state index in [0.717, 1.165) is 18.4 Å². The first kappa shape index (κ1) is 67.5. The third kappa shape index (κ3) is 16.8. The van der Waals surface area contributed by atoms with Gasteiger partial charge >= 0.3 is 18.3 Å². The molecule has 0 aliphatic carbocycles. The number of nitrogens with zero attached hydrogens (tertiary/aromatic N) is 8. The molecule has 0 aliphatic heterocycles. The first-order valence-electron chi connectivity index (χ1n) is 28.3. The molecule has 3 amide bonds. The number of hydrogen-bond donors (Lipinski definition) is 1. The quantitative estimate of drug-likeness (QED) is 0.0933. The minimum Gasteiger partial charge on any atom is -0.444 e. The van der Waals surface area contributed by atoms with Crippen molar-refractivity contribution in [1.82, 2.24) is 35.1 Å². The predicted molar refractivity (Wildman–Crippen MR) is 332 cm³/mol. The molecule has 0 bridgehead atoms. The van der Waals surface area contributed by atoms with Gasteiger partial charge in [-0.05, 0) is 168 Å². The highest BCUT2D eigenvalue weighted by Crippen LogP contribution is 2.38. The molecular weight excluding hydrogens is 1190 g/mol. The van der Waals surface area contributed by atoms with Crippen LogP contribution in [0.4, 0.5) is 34.8 Å². The lowest BCUT2D eigenvalue weighted by atomic mass is 10.0. The molecule has 25 heteroatoms. The van der Waals surface area contributed by atoms with Gasteiger partial charge in [0.05, 0.1) is 42.8 Å². The number of nitrogens with two attached hydrogens (primary N) is 1. The summed E-state index contributed by atoms with van der Waals surface area (Å²) < 4.78 is 108. The second-order valence-electron chi connectivity index (χ2n) is 24.4. The molecule has 0 saturated carbocycles. The summed E-state index contributed by atoms with van der Waals surface area (Å²) in [5, 5.41) is 6.90. The van der Waals surface area contributed by atoms with E-state index >= 15 is 4.39 Å². The fourth-order valence-electron chi connectivity index (χ4n) is 8.43. The van der Waals surface area contributed by atoms with Gasteiger partial charge in [0.25, 0.3) is 0 Å². The second-order valence-corrected chi connectivity index (χ2v) is 29.4. The minimum atomic E-state index is -3.61. The number of imide groups is 1. The summed E-state index contributed by atoms with van der Waals surface area (Å²) in [4.78, 5) is 59.3. The Kier molecular flexibility index (Phi) is 20.3. The SMILES string of the molecule is CC(C)S(=O)(=O)c1ccc(-c2cnc(N(C(=O)OC(C)(C)C)C(=O)OC(C)(C)C)c(-c3cc(-c4ccc(CN(C)C(=O)OC(C)(C)C)cc4F)no3)c2)nc1.CCCc1ccc(-c2cc(-c3cc(-c4ccc(S(=O)(=O)C(C)C)cn4)cnc3N)on2)c(F)c1. The number of carbonyl (C=O) groups is 3. The van der Waals surface area contributed by atoms with Gasteiger partial charge in [-0.25, -0.2) is 50.0 Å². The van der Waals surface area contributed by atoms with Crippen molar-refractivity contribution in [3.8, 4) is 67.7 Å². The van der Waals surface area contributed by atoms with Crippen molar-refractivity contribution in [1.29, 1.82) is 0 Å². The molecule has 0 aliphatic rings. The minimum absolute atomic E-state index is 0.0244. The van der Waals surface area contributed by atoms with Crippen LogP contribution >= 0.6 is 0 Å². The van der Waals surface area contributed by atoms with Crippen molar-refractivity contribution in [3.63, 3.8) is 0 Å². The third-order valence-electron chi connectivity index (χ3n) is 12.9. The summed E-state index contributed by atoms with van der Waals surface area (Å²) in [5.41, 5.74) is 7.86. The van der Waals surface area contributed by atoms with Crippen LogP contribution < -0.4 is 10.6 Å². The summed E-state index contributed by atoms with van der Waals surface area (Å²) >= 11 is 0. The van der Waals surface area contributed by atoms with Gasteiger partial charge in [-0.15, -0.1) is 0 Å². The molecule has 0 unspecified atom stereocenters. The van der Waals surface area contributed by atoms with Crippen LogP contribution in [0.25, 0.3) is 67.7 Å². The number of aromatic nitrogens is 6. The van der Waals surface area contributed by atoms with E-state index in [1.807, 2.05) is 13.0 Å². The zero-order valence-corrected chi connectivity index (χ0v) is 53.9. The Labute approximate surface area is 516 Å². The molecule has 21 nitrogen and oxygen atoms in total. The molecule has 8 aromatic rings. The van der Waals surface area contributed by atoms with E-state index < -0.39 is 71.1 Å². The summed E-state index contributed by atoms with van der Waals surface area (Å²) in [6, 6.07) is 21.8. The number of benzene rings is 2. The normalized spacial score (nSPS) is 12.1. The first-order valence-corrected chi connectivity index (χ1v) is 31.4. The Morgan fingerprint density at radius 2 is 0.966 bits per heavy atom. The van der Waals surface area contributed by atoms with Crippen LogP contribution in [-0.2, 0) is 46.9 Å². The van der Waals surface area contributed by atoms with E-state index in [9.17, 15) is 35.6 Å². The topological polar surface area (TPSA) is 283 Å². The summed E-state index contributed by atoms with van der Waals surface area (Å²) in [6.07, 6.45) is 4.42. The Morgan fingerprint density at radius 3 is 1.39 bits per heavy atom. The Balaban J connectivity index is 0.000000282. The van der Waals surface area contributed by atoms with Crippen LogP contribution in [0.1, 0.15) is 114 Å². The van der Waals surface area contributed by atoms with Gasteiger partial charge in [0.2, 0.25) is 0 Å². The Morgan fingerprint density at radius 1 is 0.539 bits per heavy atom. The number of sulfone groups is 2. The number of rotatable bonds is 15. The van der Waals surface area contributed by atoms with Crippen molar-refractivity contribution in [2.24, 2.45) is 0 Å². The Bertz CT molecular complexity index is 4090. The van der Waals surface area contributed by atoms with Crippen molar-refractivity contribution in [2.45, 2.75) is 153 Å². The number of carbonyl (C=O) groups excluding carboxylic acids is 3. The molecular formula is C64H73F2N9O12S2. The molecule has 2 aromatic carbocycles. The highest BCUT2D eigenvalue weighted by molar-refractivity contribution is 7.92. The lowest BCUT2D eigenvalue weighted by Crippen LogP contribution is -2.44. The lowest BCUT2D eigenvalue weighted by molar-refractivity contribution is 0.0283. The average molecular weight is 1260 g/mol. The molecule has 89 heavy (non-hydrogen) atoms. The number of nitrogen functional groups attached to an aromatic ring is 1. The van der Waals surface area contributed by atoms with Gasteiger partial charge in [-0.2, -0.15) is 4.90 Å². The smallest absolute Gasteiger partial charge is 0.425 e. The maximum absolute atomic E-state index is 15.6. The molecule has 6 heterocycles. The number of halogens is 2. The van der Waals surface area contributed by atoms with Crippen molar-refractivity contribution in [3.05, 3.63) is 132 Å². The molecule has 0 fully saturated rings. The van der Waals surface area contributed by atoms with Gasteiger partial charge in [-0.3, -0.25) is 9.97 Å². The van der Waals surface area contributed by atoms with Crippen LogP contribution in [0.15, 0.2) is 129 Å². The van der Waals surface area contributed by atoms with Crippen LogP contribution in [0, 0.1) is 11.6 Å². The highest BCUT2D eigenvalue weighted by Gasteiger charge is 2.37. The van der Waals surface area contributed by atoms with Gasteiger partial charge in [0.1, 0.15) is 45.6 Å². The van der Waals surface area contributed by atoms with Crippen LogP contribution in [0.2, 0.25) is 0 Å². The molecule has 2 N–H and O–H groups in total. The first-order chi connectivity index (χ1) is 41.5. The van der Waals surface area contributed by atoms with Gasteiger partial charge in [0, 0.05) is 72.8 Å². The number of anilines is 2. The fourth-order valence-corrected chi connectivity index (χ4v) is 10.4. The largest absolute Gasteiger partial charge is 0.444 e. The Hall–Kier alpha value is -8.97. The number of amides is 3. The van der Waals surface area contributed by atoms with Gasteiger partial charge in [-0.1, -0.05) is 35.8 Å². The number of hydrogen-bond acceptors (Lipinski definition) is 19. The molecule has 0 atom stereocenters.